The van der Waals surface area contributed by atoms with E-state index in [1.807, 2.05) is 0 Å². The molecule has 1 saturated carbocycles. The van der Waals surface area contributed by atoms with E-state index in [0.717, 1.165) is 38.8 Å². The average Bonchev–Trinajstić information content (AvgIpc) is 2.32. The molecular weight excluding hydrogens is 242 g/mol. The molecule has 19 heavy (non-hydrogen) atoms. The highest BCUT2D eigenvalue weighted by molar-refractivity contribution is 4.88. The molecule has 1 unspecified atom stereocenters. The lowest BCUT2D eigenvalue weighted by Gasteiger charge is -2.45. The van der Waals surface area contributed by atoms with Crippen LogP contribution in [0, 0.1) is 0 Å². The van der Waals surface area contributed by atoms with Crippen LogP contribution in [0.25, 0.3) is 0 Å². The summed E-state index contributed by atoms with van der Waals surface area (Å²) >= 11 is 0. The van der Waals surface area contributed by atoms with Gasteiger partial charge in [-0.3, -0.25) is 4.90 Å². The molecule has 3 atom stereocenters. The molecule has 2 fully saturated rings. The van der Waals surface area contributed by atoms with Gasteiger partial charge in [0.2, 0.25) is 0 Å². The lowest BCUT2D eigenvalue weighted by atomic mass is 9.90. The van der Waals surface area contributed by atoms with Crippen molar-refractivity contribution in [1.82, 2.24) is 4.90 Å². The van der Waals surface area contributed by atoms with Gasteiger partial charge in [0.1, 0.15) is 0 Å². The smallest absolute Gasteiger partial charge is 0.0628 e. The van der Waals surface area contributed by atoms with Gasteiger partial charge < -0.3 is 14.2 Å². The Kier molecular flexibility index (Phi) is 5.63. The van der Waals surface area contributed by atoms with Crippen molar-refractivity contribution in [3.8, 4) is 0 Å². The molecule has 1 heterocycles. The molecule has 0 amide bonds. The Labute approximate surface area is 117 Å². The SMILES string of the molecule is COCCN1[C@H](C)CC(OC2CC(OC)C2)C[C@@H]1C. The minimum atomic E-state index is 0.423. The number of hydrogen-bond acceptors (Lipinski definition) is 4. The lowest BCUT2D eigenvalue weighted by molar-refractivity contribution is -0.137. The van der Waals surface area contributed by atoms with Crippen LogP contribution in [0.3, 0.4) is 0 Å². The van der Waals surface area contributed by atoms with Crippen molar-refractivity contribution in [2.24, 2.45) is 0 Å². The van der Waals surface area contributed by atoms with Crippen molar-refractivity contribution in [3.63, 3.8) is 0 Å². The maximum atomic E-state index is 6.22. The minimum absolute atomic E-state index is 0.423. The van der Waals surface area contributed by atoms with Gasteiger partial charge in [-0.05, 0) is 39.5 Å². The highest BCUT2D eigenvalue weighted by atomic mass is 16.5. The monoisotopic (exact) mass is 271 g/mol. The van der Waals surface area contributed by atoms with Crippen LogP contribution in [0.15, 0.2) is 0 Å². The summed E-state index contributed by atoms with van der Waals surface area (Å²) in [5.74, 6) is 0. The zero-order chi connectivity index (χ0) is 13.8. The van der Waals surface area contributed by atoms with Crippen LogP contribution >= 0.6 is 0 Å². The van der Waals surface area contributed by atoms with E-state index in [-0.39, 0.29) is 0 Å². The Bertz CT molecular complexity index is 256. The van der Waals surface area contributed by atoms with Gasteiger partial charge in [0.05, 0.1) is 24.9 Å². The average molecular weight is 271 g/mol. The van der Waals surface area contributed by atoms with Crippen molar-refractivity contribution in [2.75, 3.05) is 27.4 Å². The van der Waals surface area contributed by atoms with Gasteiger partial charge in [0.25, 0.3) is 0 Å². The van der Waals surface area contributed by atoms with Crippen LogP contribution in [-0.2, 0) is 14.2 Å². The third-order valence-electron chi connectivity index (χ3n) is 4.66. The van der Waals surface area contributed by atoms with Crippen LogP contribution in [0.2, 0.25) is 0 Å². The number of nitrogens with zero attached hydrogens (tertiary/aromatic N) is 1. The van der Waals surface area contributed by atoms with Crippen molar-refractivity contribution in [3.05, 3.63) is 0 Å². The predicted octanol–water partition coefficient (Wildman–Crippen LogP) is 2.07. The molecule has 0 bridgehead atoms. The molecule has 0 aromatic carbocycles. The zero-order valence-electron chi connectivity index (χ0n) is 12.8. The molecule has 4 nitrogen and oxygen atoms in total. The molecule has 0 spiro atoms. The van der Waals surface area contributed by atoms with Crippen molar-refractivity contribution < 1.29 is 14.2 Å². The van der Waals surface area contributed by atoms with Crippen LogP contribution < -0.4 is 0 Å². The van der Waals surface area contributed by atoms with Crippen molar-refractivity contribution >= 4 is 0 Å². The number of methoxy groups -OCH3 is 2. The fourth-order valence-electron chi connectivity index (χ4n) is 3.40. The first-order chi connectivity index (χ1) is 9.13. The molecular formula is C15H29NO3. The molecule has 0 aromatic heterocycles. The lowest BCUT2D eigenvalue weighted by Crippen LogP contribution is -2.51. The molecule has 1 aliphatic heterocycles. The Morgan fingerprint density at radius 2 is 1.47 bits per heavy atom. The first-order valence-corrected chi connectivity index (χ1v) is 7.57. The highest BCUT2D eigenvalue weighted by Gasteiger charge is 2.36. The first kappa shape index (κ1) is 15.2. The highest BCUT2D eigenvalue weighted by Crippen LogP contribution is 2.31. The summed E-state index contributed by atoms with van der Waals surface area (Å²) in [5.41, 5.74) is 0. The Morgan fingerprint density at radius 3 is 2.00 bits per heavy atom. The maximum absolute atomic E-state index is 6.22. The molecule has 112 valence electrons. The van der Waals surface area contributed by atoms with Crippen LogP contribution in [0.1, 0.15) is 39.5 Å². The number of piperidine rings is 1. The summed E-state index contributed by atoms with van der Waals surface area (Å²) in [6, 6.07) is 1.17. The zero-order valence-corrected chi connectivity index (χ0v) is 12.8. The summed E-state index contributed by atoms with van der Waals surface area (Å²) < 4.78 is 16.7. The standard InChI is InChI=1S/C15H29NO3/c1-11-7-14(19-15-9-13(10-15)18-4)8-12(2)16(11)5-6-17-3/h11-15H,5-10H2,1-4H3/t11-,12+,13?,14?,15?. The number of rotatable bonds is 6. The summed E-state index contributed by atoms with van der Waals surface area (Å²) in [6.45, 7) is 6.46. The molecule has 2 rings (SSSR count). The third kappa shape index (κ3) is 3.91. The van der Waals surface area contributed by atoms with E-state index >= 15 is 0 Å². The van der Waals surface area contributed by atoms with E-state index in [1.165, 1.54) is 0 Å². The van der Waals surface area contributed by atoms with E-state index in [4.69, 9.17) is 14.2 Å². The van der Waals surface area contributed by atoms with Crippen LogP contribution in [-0.4, -0.2) is 62.7 Å². The molecule has 0 N–H and O–H groups in total. The Balaban J connectivity index is 1.74. The van der Waals surface area contributed by atoms with Gasteiger partial charge in [-0.15, -0.1) is 0 Å². The van der Waals surface area contributed by atoms with Gasteiger partial charge >= 0.3 is 0 Å². The fraction of sp³-hybridized carbons (Fsp3) is 1.00. The topological polar surface area (TPSA) is 30.9 Å². The largest absolute Gasteiger partial charge is 0.383 e. The molecule has 0 aromatic rings. The number of hydrogen-bond donors (Lipinski definition) is 0. The van der Waals surface area contributed by atoms with Gasteiger partial charge in [-0.25, -0.2) is 0 Å². The molecule has 1 saturated heterocycles. The first-order valence-electron chi connectivity index (χ1n) is 7.57. The number of ether oxygens (including phenoxy) is 3. The third-order valence-corrected chi connectivity index (χ3v) is 4.66. The van der Waals surface area contributed by atoms with E-state index in [2.05, 4.69) is 18.7 Å². The second-order valence-electron chi connectivity index (χ2n) is 6.11. The van der Waals surface area contributed by atoms with E-state index < -0.39 is 0 Å². The van der Waals surface area contributed by atoms with E-state index in [0.29, 0.717) is 30.4 Å². The normalized spacial score (nSPS) is 40.1. The second kappa shape index (κ2) is 7.02. The van der Waals surface area contributed by atoms with Crippen molar-refractivity contribution in [1.29, 1.82) is 0 Å². The summed E-state index contributed by atoms with van der Waals surface area (Å²) in [7, 11) is 3.56. The molecule has 2 aliphatic rings. The Hall–Kier alpha value is -0.160. The van der Waals surface area contributed by atoms with Crippen LogP contribution in [0.5, 0.6) is 0 Å². The molecule has 4 heteroatoms. The summed E-state index contributed by atoms with van der Waals surface area (Å²) in [5, 5.41) is 0. The van der Waals surface area contributed by atoms with E-state index in [1.54, 1.807) is 14.2 Å². The van der Waals surface area contributed by atoms with Gasteiger partial charge in [-0.2, -0.15) is 0 Å². The summed E-state index contributed by atoms with van der Waals surface area (Å²) in [6.07, 6.45) is 5.71. The quantitative estimate of drug-likeness (QED) is 0.740. The minimum Gasteiger partial charge on any atom is -0.383 e. The number of likely N-dealkylation sites (tertiary alicyclic amines) is 1. The van der Waals surface area contributed by atoms with E-state index in [9.17, 15) is 0 Å². The maximum Gasteiger partial charge on any atom is 0.0628 e. The van der Waals surface area contributed by atoms with Gasteiger partial charge in [-0.1, -0.05) is 0 Å². The second-order valence-corrected chi connectivity index (χ2v) is 6.11. The van der Waals surface area contributed by atoms with Crippen LogP contribution in [0.4, 0.5) is 0 Å². The van der Waals surface area contributed by atoms with Crippen molar-refractivity contribution in [2.45, 2.75) is 69.9 Å². The fourth-order valence-corrected chi connectivity index (χ4v) is 3.40. The summed E-state index contributed by atoms with van der Waals surface area (Å²) in [4.78, 5) is 2.54. The predicted molar refractivity (Wildman–Crippen MR) is 75.4 cm³/mol. The van der Waals surface area contributed by atoms with Gasteiger partial charge in [0.15, 0.2) is 0 Å². The molecule has 1 aliphatic carbocycles. The Morgan fingerprint density at radius 1 is 0.895 bits per heavy atom. The molecule has 0 radical (unpaired) electrons. The van der Waals surface area contributed by atoms with Gasteiger partial charge in [0, 0.05) is 32.8 Å².